The maximum Gasteiger partial charge on any atom is 0.123 e. The average molecular weight is 235 g/mol. The molecule has 1 heterocycles. The van der Waals surface area contributed by atoms with Crippen LogP contribution in [0.4, 0.5) is 0 Å². The summed E-state index contributed by atoms with van der Waals surface area (Å²) in [5.41, 5.74) is 0.666. The Morgan fingerprint density at radius 3 is 2.65 bits per heavy atom. The molecular formula is C14H21NO2. The van der Waals surface area contributed by atoms with Crippen molar-refractivity contribution in [2.75, 3.05) is 0 Å². The van der Waals surface area contributed by atoms with Crippen molar-refractivity contribution in [2.24, 2.45) is 11.8 Å². The first-order chi connectivity index (χ1) is 8.17. The highest BCUT2D eigenvalue weighted by Gasteiger charge is 2.25. The van der Waals surface area contributed by atoms with Crippen molar-refractivity contribution in [3.8, 4) is 5.75 Å². The number of hydrogen-bond donors (Lipinski definition) is 1. The summed E-state index contributed by atoms with van der Waals surface area (Å²) in [6.07, 6.45) is 5.55. The maximum atomic E-state index is 9.03. The van der Waals surface area contributed by atoms with Gasteiger partial charge in [0.1, 0.15) is 5.75 Å². The van der Waals surface area contributed by atoms with Crippen LogP contribution >= 0.6 is 0 Å². The molecule has 0 aromatic carbocycles. The summed E-state index contributed by atoms with van der Waals surface area (Å²) in [7, 11) is 0. The standard InChI is InChI=1S/C14H21NO2/c1-10-5-11(2)7-14(6-10)17-13-3-4-15-12(8-13)9-16/h3-4,8,10-11,14,16H,5-7,9H2,1-2H3. The summed E-state index contributed by atoms with van der Waals surface area (Å²) in [5, 5.41) is 9.03. The summed E-state index contributed by atoms with van der Waals surface area (Å²) < 4.78 is 5.99. The Balaban J connectivity index is 1.99. The molecule has 2 atom stereocenters. The Kier molecular flexibility index (Phi) is 4.00. The molecule has 0 radical (unpaired) electrons. The zero-order chi connectivity index (χ0) is 12.3. The monoisotopic (exact) mass is 235 g/mol. The van der Waals surface area contributed by atoms with Crippen LogP contribution in [0.3, 0.4) is 0 Å². The second-order valence-electron chi connectivity index (χ2n) is 5.30. The molecule has 2 rings (SSSR count). The van der Waals surface area contributed by atoms with Crippen molar-refractivity contribution in [3.05, 3.63) is 24.0 Å². The summed E-state index contributed by atoms with van der Waals surface area (Å²) in [6, 6.07) is 3.69. The van der Waals surface area contributed by atoms with Crippen molar-refractivity contribution >= 4 is 0 Å². The number of rotatable bonds is 3. The zero-order valence-corrected chi connectivity index (χ0v) is 10.6. The molecule has 2 unspecified atom stereocenters. The molecule has 1 saturated carbocycles. The van der Waals surface area contributed by atoms with Gasteiger partial charge in [0.25, 0.3) is 0 Å². The predicted octanol–water partition coefficient (Wildman–Crippen LogP) is 2.78. The number of nitrogens with zero attached hydrogens (tertiary/aromatic N) is 1. The molecule has 1 aliphatic rings. The SMILES string of the molecule is CC1CC(C)CC(Oc2ccnc(CO)c2)C1. The first-order valence-corrected chi connectivity index (χ1v) is 6.39. The minimum absolute atomic E-state index is 0.0331. The third-order valence-corrected chi connectivity index (χ3v) is 3.39. The topological polar surface area (TPSA) is 42.4 Å². The van der Waals surface area contributed by atoms with Crippen LogP contribution in [0.1, 0.15) is 38.8 Å². The van der Waals surface area contributed by atoms with Crippen LogP contribution in [0, 0.1) is 11.8 Å². The minimum atomic E-state index is -0.0331. The van der Waals surface area contributed by atoms with Gasteiger partial charge in [-0.25, -0.2) is 0 Å². The van der Waals surface area contributed by atoms with E-state index in [4.69, 9.17) is 9.84 Å². The number of pyridine rings is 1. The molecule has 0 spiro atoms. The number of ether oxygens (including phenoxy) is 1. The highest BCUT2D eigenvalue weighted by atomic mass is 16.5. The van der Waals surface area contributed by atoms with Crippen LogP contribution in [0.2, 0.25) is 0 Å². The Morgan fingerprint density at radius 1 is 1.29 bits per heavy atom. The van der Waals surface area contributed by atoms with E-state index in [1.165, 1.54) is 6.42 Å². The molecule has 0 bridgehead atoms. The van der Waals surface area contributed by atoms with Gasteiger partial charge in [-0.3, -0.25) is 4.98 Å². The molecule has 3 heteroatoms. The van der Waals surface area contributed by atoms with E-state index in [-0.39, 0.29) is 6.61 Å². The smallest absolute Gasteiger partial charge is 0.123 e. The van der Waals surface area contributed by atoms with E-state index in [1.807, 2.05) is 12.1 Å². The van der Waals surface area contributed by atoms with Crippen LogP contribution in [0.15, 0.2) is 18.3 Å². The normalized spacial score (nSPS) is 29.0. The van der Waals surface area contributed by atoms with Crippen molar-refractivity contribution in [3.63, 3.8) is 0 Å². The minimum Gasteiger partial charge on any atom is -0.490 e. The zero-order valence-electron chi connectivity index (χ0n) is 10.6. The highest BCUT2D eigenvalue weighted by Crippen LogP contribution is 2.31. The molecule has 0 saturated heterocycles. The van der Waals surface area contributed by atoms with Gasteiger partial charge in [0.15, 0.2) is 0 Å². The van der Waals surface area contributed by atoms with Gasteiger partial charge in [0.05, 0.1) is 18.4 Å². The molecule has 1 aromatic heterocycles. The van der Waals surface area contributed by atoms with Crippen LogP contribution in [0.25, 0.3) is 0 Å². The van der Waals surface area contributed by atoms with E-state index in [1.54, 1.807) is 6.20 Å². The first kappa shape index (κ1) is 12.4. The van der Waals surface area contributed by atoms with Gasteiger partial charge in [-0.15, -0.1) is 0 Å². The molecular weight excluding hydrogens is 214 g/mol. The molecule has 1 N–H and O–H groups in total. The Hall–Kier alpha value is -1.09. The lowest BCUT2D eigenvalue weighted by Gasteiger charge is -2.31. The van der Waals surface area contributed by atoms with E-state index >= 15 is 0 Å². The maximum absolute atomic E-state index is 9.03. The van der Waals surface area contributed by atoms with E-state index in [9.17, 15) is 0 Å². The van der Waals surface area contributed by atoms with Crippen molar-refractivity contribution in [1.29, 1.82) is 0 Å². The fourth-order valence-electron chi connectivity index (χ4n) is 2.78. The molecule has 0 amide bonds. The fourth-order valence-corrected chi connectivity index (χ4v) is 2.78. The second-order valence-corrected chi connectivity index (χ2v) is 5.30. The Labute approximate surface area is 103 Å². The summed E-state index contributed by atoms with van der Waals surface area (Å²) in [6.45, 7) is 4.55. The lowest BCUT2D eigenvalue weighted by Crippen LogP contribution is -2.28. The average Bonchev–Trinajstić information content (AvgIpc) is 2.28. The van der Waals surface area contributed by atoms with Gasteiger partial charge in [-0.2, -0.15) is 0 Å². The van der Waals surface area contributed by atoms with Gasteiger partial charge in [0, 0.05) is 12.3 Å². The number of aliphatic hydroxyl groups excluding tert-OH is 1. The van der Waals surface area contributed by atoms with Crippen LogP contribution in [-0.4, -0.2) is 16.2 Å². The lowest BCUT2D eigenvalue weighted by atomic mass is 9.82. The number of hydrogen-bond acceptors (Lipinski definition) is 3. The molecule has 17 heavy (non-hydrogen) atoms. The summed E-state index contributed by atoms with van der Waals surface area (Å²) in [4.78, 5) is 4.05. The first-order valence-electron chi connectivity index (χ1n) is 6.39. The highest BCUT2D eigenvalue weighted by molar-refractivity contribution is 5.22. The molecule has 1 aliphatic carbocycles. The Bertz CT molecular complexity index is 357. The summed E-state index contributed by atoms with van der Waals surface area (Å²) >= 11 is 0. The van der Waals surface area contributed by atoms with E-state index in [0.717, 1.165) is 30.4 Å². The molecule has 1 aromatic rings. The quantitative estimate of drug-likeness (QED) is 0.876. The van der Waals surface area contributed by atoms with Gasteiger partial charge in [0.2, 0.25) is 0 Å². The molecule has 1 fully saturated rings. The van der Waals surface area contributed by atoms with Crippen molar-refractivity contribution < 1.29 is 9.84 Å². The van der Waals surface area contributed by atoms with Gasteiger partial charge in [-0.05, 0) is 37.2 Å². The third-order valence-electron chi connectivity index (χ3n) is 3.39. The second kappa shape index (κ2) is 5.50. The van der Waals surface area contributed by atoms with Crippen LogP contribution in [-0.2, 0) is 6.61 Å². The van der Waals surface area contributed by atoms with E-state index in [2.05, 4.69) is 18.8 Å². The van der Waals surface area contributed by atoms with Crippen molar-refractivity contribution in [1.82, 2.24) is 4.98 Å². The van der Waals surface area contributed by atoms with E-state index < -0.39 is 0 Å². The van der Waals surface area contributed by atoms with Crippen molar-refractivity contribution in [2.45, 2.75) is 45.8 Å². The molecule has 0 aliphatic heterocycles. The lowest BCUT2D eigenvalue weighted by molar-refractivity contribution is 0.101. The Morgan fingerprint density at radius 2 is 2.00 bits per heavy atom. The number of aromatic nitrogens is 1. The van der Waals surface area contributed by atoms with Crippen LogP contribution in [0.5, 0.6) is 5.75 Å². The predicted molar refractivity (Wildman–Crippen MR) is 66.8 cm³/mol. The van der Waals surface area contributed by atoms with Gasteiger partial charge < -0.3 is 9.84 Å². The van der Waals surface area contributed by atoms with Crippen LogP contribution < -0.4 is 4.74 Å². The molecule has 3 nitrogen and oxygen atoms in total. The molecule has 94 valence electrons. The third kappa shape index (κ3) is 3.43. The largest absolute Gasteiger partial charge is 0.490 e. The van der Waals surface area contributed by atoms with Gasteiger partial charge >= 0.3 is 0 Å². The fraction of sp³-hybridized carbons (Fsp3) is 0.643. The number of aliphatic hydroxyl groups is 1. The van der Waals surface area contributed by atoms with E-state index in [0.29, 0.717) is 11.8 Å². The summed E-state index contributed by atoms with van der Waals surface area (Å²) in [5.74, 6) is 2.31. The van der Waals surface area contributed by atoms with Gasteiger partial charge in [-0.1, -0.05) is 13.8 Å².